The van der Waals surface area contributed by atoms with Crippen LogP contribution in [0, 0.1) is 11.3 Å². The lowest BCUT2D eigenvalue weighted by Crippen LogP contribution is -2.11. The average Bonchev–Trinajstić information content (AvgIpc) is 3.78. The third-order valence-electron chi connectivity index (χ3n) is 11.7. The van der Waals surface area contributed by atoms with Crippen molar-refractivity contribution in [3.05, 3.63) is 166 Å². The smallest absolute Gasteiger partial charge is 0.309 e. The van der Waals surface area contributed by atoms with Gasteiger partial charge < -0.3 is 9.13 Å². The first-order chi connectivity index (χ1) is 32.4. The lowest BCUT2D eigenvalue weighted by Gasteiger charge is -2.21. The van der Waals surface area contributed by atoms with Crippen molar-refractivity contribution in [2.24, 2.45) is 0 Å². The van der Waals surface area contributed by atoms with Crippen LogP contribution in [0.1, 0.15) is 38.9 Å². The predicted molar refractivity (Wildman–Crippen MR) is 221 cm³/mol. The molecule has 0 amide bonds. The number of nitrogens with zero attached hydrogens (tertiary/aromatic N) is 3. The molecule has 0 aliphatic rings. The van der Waals surface area contributed by atoms with Gasteiger partial charge in [-0.1, -0.05) is 12.1 Å². The zero-order chi connectivity index (χ0) is 50.8. The van der Waals surface area contributed by atoms with Crippen molar-refractivity contribution in [3.8, 4) is 39.7 Å². The van der Waals surface area contributed by atoms with Gasteiger partial charge >= 0.3 is 37.1 Å². The zero-order valence-electron chi connectivity index (χ0n) is 34.3. The maximum Gasteiger partial charge on any atom is 0.416 e. The molecule has 358 valence electrons. The Hall–Kier alpha value is -7.63. The monoisotopic (exact) mass is 993 g/mol. The summed E-state index contributed by atoms with van der Waals surface area (Å²) in [6.45, 7) is 0. The Bertz CT molecular complexity index is 3470. The Morgan fingerprint density at radius 2 is 0.686 bits per heavy atom. The SMILES string of the molecule is N#Cc1cccc(-n2c3ccc(C(F)(F)F)cc3c3cc(C(F)(F)F)ccc32)c1-c1cc(-c2cc(C(F)(F)F)cc(C(F)(F)F)c2)ccc1-n1c2ccc(C(F)(F)F)cc2c2cc(C(F)(F)F)ccc21. The molecule has 0 N–H and O–H groups in total. The molecular formula is C49H21F18N3. The largest absolute Gasteiger partial charge is 0.416 e. The molecule has 2 heterocycles. The quantitative estimate of drug-likeness (QED) is 0.162. The first-order valence-electron chi connectivity index (χ1n) is 19.9. The van der Waals surface area contributed by atoms with Gasteiger partial charge in [0.05, 0.1) is 78.5 Å². The highest BCUT2D eigenvalue weighted by Crippen LogP contribution is 2.48. The maximum atomic E-state index is 14.2. The first-order valence-corrected chi connectivity index (χ1v) is 19.9. The molecule has 0 spiro atoms. The van der Waals surface area contributed by atoms with Crippen molar-refractivity contribution >= 4 is 43.6 Å². The molecule has 0 fully saturated rings. The van der Waals surface area contributed by atoms with Crippen molar-refractivity contribution in [1.29, 1.82) is 5.26 Å². The molecule has 0 saturated heterocycles. The summed E-state index contributed by atoms with van der Waals surface area (Å²) in [5.74, 6) is 0. The minimum atomic E-state index is -5.36. The Balaban J connectivity index is 1.46. The molecule has 9 rings (SSSR count). The number of nitriles is 1. The van der Waals surface area contributed by atoms with E-state index in [1.165, 1.54) is 12.1 Å². The van der Waals surface area contributed by atoms with E-state index in [4.69, 9.17) is 0 Å². The second kappa shape index (κ2) is 15.7. The first kappa shape index (κ1) is 47.4. The molecule has 21 heteroatoms. The van der Waals surface area contributed by atoms with Gasteiger partial charge in [0.2, 0.25) is 0 Å². The van der Waals surface area contributed by atoms with E-state index in [1.807, 2.05) is 6.07 Å². The van der Waals surface area contributed by atoms with E-state index in [1.54, 1.807) is 0 Å². The van der Waals surface area contributed by atoms with Gasteiger partial charge in [0, 0.05) is 32.7 Å². The van der Waals surface area contributed by atoms with Crippen LogP contribution in [-0.4, -0.2) is 9.13 Å². The Kier molecular flexibility index (Phi) is 10.6. The van der Waals surface area contributed by atoms with Crippen molar-refractivity contribution < 1.29 is 79.0 Å². The fraction of sp³-hybridized carbons (Fsp3) is 0.122. The van der Waals surface area contributed by atoms with Gasteiger partial charge in [0.15, 0.2) is 0 Å². The van der Waals surface area contributed by atoms with Crippen molar-refractivity contribution in [2.45, 2.75) is 37.1 Å². The van der Waals surface area contributed by atoms with Crippen molar-refractivity contribution in [2.75, 3.05) is 0 Å². The van der Waals surface area contributed by atoms with Gasteiger partial charge in [-0.05, 0) is 126 Å². The molecule has 2 aromatic heterocycles. The summed E-state index contributed by atoms with van der Waals surface area (Å²) < 4.78 is 258. The second-order valence-corrected chi connectivity index (χ2v) is 15.9. The number of benzene rings is 7. The van der Waals surface area contributed by atoms with Crippen LogP contribution < -0.4 is 0 Å². The Morgan fingerprint density at radius 3 is 1.03 bits per heavy atom. The summed E-state index contributed by atoms with van der Waals surface area (Å²) in [7, 11) is 0. The normalized spacial score (nSPS) is 13.3. The number of aromatic nitrogens is 2. The molecule has 0 radical (unpaired) electrons. The topological polar surface area (TPSA) is 33.6 Å². The molecule has 0 saturated carbocycles. The van der Waals surface area contributed by atoms with E-state index in [0.29, 0.717) is 60.7 Å². The fourth-order valence-corrected chi connectivity index (χ4v) is 8.61. The van der Waals surface area contributed by atoms with Crippen LogP contribution in [0.15, 0.2) is 127 Å². The summed E-state index contributed by atoms with van der Waals surface area (Å²) in [6.07, 6.45) is -30.8. The molecule has 70 heavy (non-hydrogen) atoms. The average molecular weight is 994 g/mol. The summed E-state index contributed by atoms with van der Waals surface area (Å²) in [6, 6.07) is 17.5. The summed E-state index contributed by atoms with van der Waals surface area (Å²) in [4.78, 5) is 0. The molecule has 9 aromatic rings. The van der Waals surface area contributed by atoms with E-state index in [9.17, 15) is 84.3 Å². The Labute approximate surface area is 379 Å². The molecule has 0 unspecified atom stereocenters. The van der Waals surface area contributed by atoms with E-state index >= 15 is 0 Å². The van der Waals surface area contributed by atoms with Gasteiger partial charge in [-0.15, -0.1) is 0 Å². The number of rotatable bonds is 4. The number of hydrogen-bond acceptors (Lipinski definition) is 1. The molecule has 0 atom stereocenters. The standard InChI is InChI=1S/C49H21F18N3/c50-44(51,52)26-5-10-37-32(18-26)33-19-27(45(53,54)55)6-11-38(33)69(37)41-9-4-23(25-14-30(48(62,63)64)17-31(15-25)49(65,66)67)16-36(41)43-24(22-68)2-1-3-42(43)70-39-12-7-28(46(56,57)58)20-34(39)35-21-29(47(59,60)61)8-13-40(35)70/h1-21H. The lowest BCUT2D eigenvalue weighted by molar-refractivity contribution is -0.143. The molecular weight excluding hydrogens is 973 g/mol. The minimum Gasteiger partial charge on any atom is -0.309 e. The van der Waals surface area contributed by atoms with Crippen molar-refractivity contribution in [1.82, 2.24) is 9.13 Å². The maximum absolute atomic E-state index is 14.2. The summed E-state index contributed by atoms with van der Waals surface area (Å²) >= 11 is 0. The zero-order valence-corrected chi connectivity index (χ0v) is 34.3. The highest BCUT2D eigenvalue weighted by atomic mass is 19.4. The van der Waals surface area contributed by atoms with Crippen LogP contribution in [0.25, 0.3) is 77.2 Å². The number of halogens is 18. The van der Waals surface area contributed by atoms with Crippen LogP contribution in [0.5, 0.6) is 0 Å². The van der Waals surface area contributed by atoms with Crippen LogP contribution in [0.4, 0.5) is 79.0 Å². The van der Waals surface area contributed by atoms with Crippen LogP contribution >= 0.6 is 0 Å². The fourth-order valence-electron chi connectivity index (χ4n) is 8.61. The second-order valence-electron chi connectivity index (χ2n) is 15.9. The van der Waals surface area contributed by atoms with Crippen LogP contribution in [-0.2, 0) is 37.1 Å². The summed E-state index contributed by atoms with van der Waals surface area (Å²) in [5, 5.41) is 9.08. The highest BCUT2D eigenvalue weighted by Gasteiger charge is 2.39. The summed E-state index contributed by atoms with van der Waals surface area (Å²) in [5.41, 5.74) is -12.3. The van der Waals surface area contributed by atoms with Gasteiger partial charge in [-0.3, -0.25) is 0 Å². The lowest BCUT2D eigenvalue weighted by atomic mass is 9.91. The van der Waals surface area contributed by atoms with E-state index in [0.717, 1.165) is 57.7 Å². The molecule has 3 nitrogen and oxygen atoms in total. The van der Waals surface area contributed by atoms with Crippen LogP contribution in [0.3, 0.4) is 0 Å². The third-order valence-corrected chi connectivity index (χ3v) is 11.7. The van der Waals surface area contributed by atoms with Gasteiger partial charge in [0.1, 0.15) is 0 Å². The number of alkyl halides is 18. The third kappa shape index (κ3) is 8.17. The van der Waals surface area contributed by atoms with E-state index < -0.39 is 103 Å². The van der Waals surface area contributed by atoms with E-state index in [2.05, 4.69) is 0 Å². The van der Waals surface area contributed by atoms with Gasteiger partial charge in [-0.2, -0.15) is 84.3 Å². The van der Waals surface area contributed by atoms with Crippen molar-refractivity contribution in [3.63, 3.8) is 0 Å². The number of hydrogen-bond donors (Lipinski definition) is 0. The molecule has 0 aliphatic carbocycles. The highest BCUT2D eigenvalue weighted by molar-refractivity contribution is 6.12. The predicted octanol–water partition coefficient (Wildman–Crippen LogP) is 17.2. The van der Waals surface area contributed by atoms with Gasteiger partial charge in [0.25, 0.3) is 0 Å². The minimum absolute atomic E-state index is 0.152. The molecule has 0 bridgehead atoms. The van der Waals surface area contributed by atoms with E-state index in [-0.39, 0.29) is 56.2 Å². The number of fused-ring (bicyclic) bond motifs is 6. The van der Waals surface area contributed by atoms with Gasteiger partial charge in [-0.25, -0.2) is 0 Å². The van der Waals surface area contributed by atoms with Crippen LogP contribution in [0.2, 0.25) is 0 Å². The molecule has 7 aromatic carbocycles. The Morgan fingerprint density at radius 1 is 0.329 bits per heavy atom. The molecule has 0 aliphatic heterocycles.